The first-order valence-corrected chi connectivity index (χ1v) is 34.9. The molecule has 0 spiro atoms. The Bertz CT molecular complexity index is 3980. The first kappa shape index (κ1) is 99.0. The van der Waals surface area contributed by atoms with Crippen molar-refractivity contribution in [1.82, 2.24) is 0 Å². The molecule has 8 rings (SSSR count). The van der Waals surface area contributed by atoms with Crippen LogP contribution in [0.1, 0.15) is 98.9 Å². The van der Waals surface area contributed by atoms with Gasteiger partial charge in [-0.15, -0.1) is 0 Å². The molecule has 0 fully saturated rings. The number of ether oxygens (including phenoxy) is 8. The lowest BCUT2D eigenvalue weighted by Crippen LogP contribution is -1.99. The van der Waals surface area contributed by atoms with Crippen LogP contribution in [-0.2, 0) is 0 Å². The molecule has 0 aliphatic rings. The molecule has 112 heavy (non-hydrogen) atoms. The second kappa shape index (κ2) is 55.4. The third-order valence-electron chi connectivity index (χ3n) is 14.4. The summed E-state index contributed by atoms with van der Waals surface area (Å²) in [5.41, 5.74) is 2.21. The molecular weight excluding hydrogens is 1490 g/mol. The van der Waals surface area contributed by atoms with Crippen LogP contribution in [-0.4, -0.2) is 52.9 Å². The fraction of sp³-hybridized carbons (Fsp3) is 0.273. The Balaban J connectivity index is 0.000000640. The normalized spacial score (nSPS) is 10.6. The molecule has 0 N–H and O–H groups in total. The van der Waals surface area contributed by atoms with Crippen molar-refractivity contribution in [1.29, 1.82) is 0 Å². The molecule has 0 aliphatic carbocycles. The molecule has 0 radical (unpaired) electrons. The Morgan fingerprint density at radius 1 is 0.205 bits per heavy atom. The van der Waals surface area contributed by atoms with E-state index in [1.807, 2.05) is 53.7 Å². The predicted octanol–water partition coefficient (Wildman–Crippen LogP) is 25.8. The number of halogens is 16. The van der Waals surface area contributed by atoms with Crippen molar-refractivity contribution >= 4 is 0 Å². The van der Waals surface area contributed by atoms with E-state index in [0.29, 0.717) is 0 Å². The number of hydrogen-bond donors (Lipinski definition) is 0. The van der Waals surface area contributed by atoms with Crippen molar-refractivity contribution in [3.05, 3.63) is 333 Å². The van der Waals surface area contributed by atoms with Gasteiger partial charge in [-0.05, 0) is 189 Å². The van der Waals surface area contributed by atoms with Gasteiger partial charge in [0.1, 0.15) is 52.9 Å². The number of benzene rings is 8. The van der Waals surface area contributed by atoms with Gasteiger partial charge in [0.05, 0.1) is 0 Å². The smallest absolute Gasteiger partial charge is 0.200 e. The van der Waals surface area contributed by atoms with Gasteiger partial charge >= 0.3 is 0 Å². The van der Waals surface area contributed by atoms with Gasteiger partial charge in [-0.25, -0.2) is 35.1 Å². The summed E-state index contributed by atoms with van der Waals surface area (Å²) in [7, 11) is 0. The van der Waals surface area contributed by atoms with Crippen LogP contribution in [0.4, 0.5) is 70.2 Å². The van der Waals surface area contributed by atoms with Gasteiger partial charge in [0, 0.05) is 0 Å². The minimum atomic E-state index is -0.943. The van der Waals surface area contributed by atoms with Gasteiger partial charge in [-0.2, -0.15) is 35.1 Å². The third-order valence-corrected chi connectivity index (χ3v) is 14.4. The van der Waals surface area contributed by atoms with E-state index in [-0.39, 0.29) is 143 Å². The van der Waals surface area contributed by atoms with Gasteiger partial charge in [0.15, 0.2) is 92.5 Å². The van der Waals surface area contributed by atoms with E-state index in [1.54, 1.807) is 60.8 Å². The van der Waals surface area contributed by atoms with Crippen LogP contribution in [0.2, 0.25) is 0 Å². The molecule has 0 atom stereocenters. The first-order chi connectivity index (χ1) is 53.3. The predicted molar refractivity (Wildman–Crippen MR) is 411 cm³/mol. The summed E-state index contributed by atoms with van der Waals surface area (Å²) >= 11 is 0. The van der Waals surface area contributed by atoms with Gasteiger partial charge in [-0.1, -0.05) is 161 Å². The van der Waals surface area contributed by atoms with E-state index in [1.165, 1.54) is 165 Å². The molecule has 24 heteroatoms. The zero-order chi connectivity index (χ0) is 84.4. The number of hydrogen-bond acceptors (Lipinski definition) is 8. The van der Waals surface area contributed by atoms with Crippen molar-refractivity contribution in [2.75, 3.05) is 52.9 Å². The Morgan fingerprint density at radius 3 is 0.464 bits per heavy atom. The maximum atomic E-state index is 13.2. The molecule has 0 amide bonds. The standard InChI is InChI=1S/2C12H14F2O.4C11H12F2O.2C10H10F2O/c2*1-3-4-5-8-15-10-7-6-9(2)11(13)12(10)14;4*1-3-4-7-14-9-6-5-8(2)10(12)11(9)13;2*1-3-6-13-8-5-4-7(2)9(11)10(8)12/h2*4-7H,3,8H2,1-2H3;4*3-6H,7H2,1-2H3;2*3-5H,1,6H2,2H3/b2*5-4-;4*4-3-;;. The van der Waals surface area contributed by atoms with Crippen LogP contribution >= 0.6 is 0 Å². The minimum Gasteiger partial charge on any atom is -0.486 e. The molecule has 0 bridgehead atoms. The average Bonchev–Trinajstić information content (AvgIpc) is 0.913. The van der Waals surface area contributed by atoms with E-state index >= 15 is 0 Å². The Hall–Kier alpha value is -11.0. The lowest BCUT2D eigenvalue weighted by atomic mass is 10.2. The van der Waals surface area contributed by atoms with E-state index in [4.69, 9.17) is 37.9 Å². The molecule has 0 heterocycles. The molecule has 8 aromatic carbocycles. The second-order valence-corrected chi connectivity index (χ2v) is 23.2. The fourth-order valence-corrected chi connectivity index (χ4v) is 7.90. The molecule has 8 aromatic rings. The minimum absolute atomic E-state index is 0.0427. The number of allylic oxidation sites excluding steroid dienone is 6. The molecule has 0 saturated heterocycles. The molecule has 0 aliphatic heterocycles. The van der Waals surface area contributed by atoms with Gasteiger partial charge < -0.3 is 37.9 Å². The fourth-order valence-electron chi connectivity index (χ4n) is 7.90. The quantitative estimate of drug-likeness (QED) is 0.0392. The lowest BCUT2D eigenvalue weighted by Gasteiger charge is -2.06. The highest BCUT2D eigenvalue weighted by atomic mass is 19.2. The summed E-state index contributed by atoms with van der Waals surface area (Å²) in [6, 6.07) is 23.3. The SMILES string of the molecule is C/C=C\COc1ccc(C)c(F)c1F.C/C=C\COc1ccc(C)c(F)c1F.C/C=C\COc1ccc(C)c(F)c1F.C/C=C\COc1ccc(C)c(F)c1F.C=CCOc1ccc(C)c(F)c1F.C=CCOc1ccc(C)c(F)c1F.CC/C=C\COc1ccc(C)c(F)c1F.CC/C=C\COc1ccc(C)c(F)c1F. The van der Waals surface area contributed by atoms with E-state index < -0.39 is 93.1 Å². The van der Waals surface area contributed by atoms with Crippen LogP contribution in [0.5, 0.6) is 46.0 Å². The molecular formula is C88H96F16O8. The van der Waals surface area contributed by atoms with Crippen molar-refractivity contribution in [2.45, 2.75) is 110 Å². The first-order valence-electron chi connectivity index (χ1n) is 34.9. The summed E-state index contributed by atoms with van der Waals surface area (Å²) < 4.78 is 249. The Kier molecular flexibility index (Phi) is 48.9. The second-order valence-electron chi connectivity index (χ2n) is 23.2. The monoisotopic (exact) mass is 1580 g/mol. The van der Waals surface area contributed by atoms with Crippen molar-refractivity contribution in [3.63, 3.8) is 0 Å². The van der Waals surface area contributed by atoms with Crippen molar-refractivity contribution < 1.29 is 108 Å². The maximum absolute atomic E-state index is 13.2. The van der Waals surface area contributed by atoms with Gasteiger partial charge in [-0.3, -0.25) is 0 Å². The largest absolute Gasteiger partial charge is 0.486 e. The van der Waals surface area contributed by atoms with E-state index in [2.05, 4.69) is 13.2 Å². The Morgan fingerprint density at radius 2 is 0.339 bits per heavy atom. The zero-order valence-corrected chi connectivity index (χ0v) is 65.1. The number of rotatable bonds is 26. The van der Waals surface area contributed by atoms with Crippen LogP contribution in [0.25, 0.3) is 0 Å². The average molecular weight is 1590 g/mol. The summed E-state index contributed by atoms with van der Waals surface area (Å²) in [5, 5.41) is 0. The highest BCUT2D eigenvalue weighted by Gasteiger charge is 2.18. The van der Waals surface area contributed by atoms with Gasteiger partial charge in [0.25, 0.3) is 0 Å². The van der Waals surface area contributed by atoms with Crippen LogP contribution in [0.3, 0.4) is 0 Å². The van der Waals surface area contributed by atoms with Crippen LogP contribution < -0.4 is 37.9 Å². The summed E-state index contributed by atoms with van der Waals surface area (Å²) in [6.45, 7) is 32.0. The van der Waals surface area contributed by atoms with Crippen molar-refractivity contribution in [2.24, 2.45) is 0 Å². The number of aryl methyl sites for hydroxylation is 8. The molecule has 0 aromatic heterocycles. The topological polar surface area (TPSA) is 73.8 Å². The van der Waals surface area contributed by atoms with Crippen LogP contribution in [0, 0.1) is 148 Å². The highest BCUT2D eigenvalue weighted by Crippen LogP contribution is 2.29. The molecule has 0 saturated carbocycles. The lowest BCUT2D eigenvalue weighted by molar-refractivity contribution is 0.331. The summed E-state index contributed by atoms with van der Waals surface area (Å²) in [5.74, 6) is -14.6. The van der Waals surface area contributed by atoms with E-state index in [9.17, 15) is 70.2 Å². The van der Waals surface area contributed by atoms with E-state index in [0.717, 1.165) is 12.8 Å². The summed E-state index contributed by atoms with van der Waals surface area (Å²) in [6.07, 6.45) is 26.1. The maximum Gasteiger partial charge on any atom is 0.200 e. The molecule has 608 valence electrons. The highest BCUT2D eigenvalue weighted by molar-refractivity contribution is 5.36. The third kappa shape index (κ3) is 34.9. The Labute approximate surface area is 647 Å². The zero-order valence-electron chi connectivity index (χ0n) is 65.1. The molecule has 8 nitrogen and oxygen atoms in total. The van der Waals surface area contributed by atoms with Gasteiger partial charge in [0.2, 0.25) is 46.5 Å². The molecule has 0 unspecified atom stereocenters. The summed E-state index contributed by atoms with van der Waals surface area (Å²) in [4.78, 5) is 0. The van der Waals surface area contributed by atoms with Crippen molar-refractivity contribution in [3.8, 4) is 46.0 Å². The van der Waals surface area contributed by atoms with Crippen LogP contribution in [0.15, 0.2) is 195 Å².